The topological polar surface area (TPSA) is 40.7 Å². The number of hydrogen-bond acceptors (Lipinski definition) is 2. The molecule has 0 amide bonds. The number of allylic oxidation sites excluding steroid dienone is 4. The van der Waals surface area contributed by atoms with Crippen LogP contribution in [0.4, 0.5) is 0 Å². The summed E-state index contributed by atoms with van der Waals surface area (Å²) >= 11 is -0.556. The zero-order chi connectivity index (χ0) is 22.4. The summed E-state index contributed by atoms with van der Waals surface area (Å²) in [5.74, 6) is 2.96. The molecule has 4 rings (SSSR count). The summed E-state index contributed by atoms with van der Waals surface area (Å²) in [6.07, 6.45) is 9.72. The third-order valence-corrected chi connectivity index (χ3v) is 11.7. The van der Waals surface area contributed by atoms with E-state index in [0.717, 1.165) is 30.5 Å². The molecule has 0 N–H and O–H groups in total. The number of nitrogens with zero attached hydrogens (tertiary/aromatic N) is 3. The molecule has 1 saturated heterocycles. The predicted molar refractivity (Wildman–Crippen MR) is 138 cm³/mol. The van der Waals surface area contributed by atoms with Crippen molar-refractivity contribution >= 4 is 32.4 Å². The molecule has 0 aromatic heterocycles. The maximum atomic E-state index is 5.36. The van der Waals surface area contributed by atoms with Gasteiger partial charge in [0.25, 0.3) is 0 Å². The molecule has 2 aliphatic carbocycles. The molecule has 2 fully saturated rings. The Morgan fingerprint density at radius 3 is 2.34 bits per heavy atom. The van der Waals surface area contributed by atoms with Crippen molar-refractivity contribution in [3.8, 4) is 5.75 Å². The van der Waals surface area contributed by atoms with Crippen LogP contribution in [0.3, 0.4) is 0 Å². The molecule has 1 aromatic carbocycles. The van der Waals surface area contributed by atoms with Crippen LogP contribution in [0.15, 0.2) is 42.5 Å². The number of hydrogen-bond donors (Lipinski definition) is 0. The van der Waals surface area contributed by atoms with Gasteiger partial charge in [0.05, 0.1) is 7.11 Å². The van der Waals surface area contributed by atoms with E-state index in [1.54, 1.807) is 7.11 Å². The van der Waals surface area contributed by atoms with E-state index >= 15 is 0 Å². The monoisotopic (exact) mass is 528 g/mol. The Morgan fingerprint density at radius 2 is 1.78 bits per heavy atom. The second-order valence-corrected chi connectivity index (χ2v) is 16.2. The van der Waals surface area contributed by atoms with Gasteiger partial charge in [0, 0.05) is 0 Å². The zero-order valence-electron chi connectivity index (χ0n) is 19.9. The fourth-order valence-corrected chi connectivity index (χ4v) is 9.94. The van der Waals surface area contributed by atoms with E-state index in [-0.39, 0.29) is 7.43 Å². The van der Waals surface area contributed by atoms with Crippen LogP contribution < -0.4 is 4.74 Å². The van der Waals surface area contributed by atoms with Gasteiger partial charge in [-0.05, 0) is 53.0 Å². The summed E-state index contributed by atoms with van der Waals surface area (Å²) in [6, 6.07) is 8.62. The van der Waals surface area contributed by atoms with Crippen LogP contribution in [0.2, 0.25) is 18.6 Å². The van der Waals surface area contributed by atoms with E-state index in [1.807, 2.05) is 0 Å². The van der Waals surface area contributed by atoms with E-state index in [9.17, 15) is 0 Å². The quantitative estimate of drug-likeness (QED) is 0.291. The molecule has 174 valence electrons. The Balaban J connectivity index is 0.000000860. The van der Waals surface area contributed by atoms with E-state index in [2.05, 4.69) is 77.7 Å². The van der Waals surface area contributed by atoms with Gasteiger partial charge in [0.15, 0.2) is 0 Å². The SMILES string of the molecule is CCC1CC2C(c3ccc(OC)cc3)=CC=CC2C1[Si](C)(C)N1C[N-]C[N-]C1.[CH3-].[Cl][Ti+4][Cl]. The molecule has 1 aliphatic heterocycles. The number of rotatable bonds is 5. The van der Waals surface area contributed by atoms with Crippen molar-refractivity contribution in [1.82, 2.24) is 4.57 Å². The molecule has 4 atom stereocenters. The Kier molecular flexibility index (Phi) is 11.5. The second-order valence-electron chi connectivity index (χ2n) is 8.99. The van der Waals surface area contributed by atoms with E-state index in [0.29, 0.717) is 18.5 Å². The maximum absolute atomic E-state index is 5.36. The van der Waals surface area contributed by atoms with Gasteiger partial charge in [-0.15, -0.1) is 13.3 Å². The van der Waals surface area contributed by atoms with Crippen molar-refractivity contribution in [2.24, 2.45) is 17.8 Å². The first-order valence-electron chi connectivity index (χ1n) is 11.0. The first kappa shape index (κ1) is 28.1. The number of benzene rings is 1. The van der Waals surface area contributed by atoms with Gasteiger partial charge in [0.1, 0.15) is 14.0 Å². The molecule has 4 unspecified atom stereocenters. The molecular formula is C24H36Cl2N3OSiTi+. The molecule has 0 bridgehead atoms. The van der Waals surface area contributed by atoms with Crippen LogP contribution >= 0.6 is 18.6 Å². The van der Waals surface area contributed by atoms with E-state index < -0.39 is 25.3 Å². The molecule has 1 aromatic rings. The second kappa shape index (κ2) is 13.1. The fraction of sp³-hybridized carbons (Fsp3) is 0.542. The van der Waals surface area contributed by atoms with Gasteiger partial charge in [-0.3, -0.25) is 6.67 Å². The Bertz CT molecular complexity index is 769. The molecule has 8 heteroatoms. The van der Waals surface area contributed by atoms with Gasteiger partial charge in [0.2, 0.25) is 0 Å². The van der Waals surface area contributed by atoms with Crippen LogP contribution in [-0.2, 0) is 17.0 Å². The Morgan fingerprint density at radius 1 is 1.16 bits per heavy atom. The standard InChI is InChI=1S/C23H33N3OSi.CH3.2ClH.Ti/c1-5-17-13-22-20(18-9-11-19(27-2)12-10-18)7-6-8-21(22)23(17)28(3,4)26-15-24-14-25-16-26;;;;/h6-12,17,21-23H,5,13-16H2,1-4H3;1H3;2*1H;/q-2;-1;;;+6/p-2. The minimum absolute atomic E-state index is 0. The van der Waals surface area contributed by atoms with Gasteiger partial charge in [-0.1, -0.05) is 56.8 Å². The molecule has 4 nitrogen and oxygen atoms in total. The molecule has 32 heavy (non-hydrogen) atoms. The van der Waals surface area contributed by atoms with Crippen molar-refractivity contribution in [3.05, 3.63) is 66.1 Å². The van der Waals surface area contributed by atoms with Crippen molar-refractivity contribution < 1.29 is 21.8 Å². The zero-order valence-corrected chi connectivity index (χ0v) is 24.0. The summed E-state index contributed by atoms with van der Waals surface area (Å²) in [5, 5.41) is 9.17. The summed E-state index contributed by atoms with van der Waals surface area (Å²) in [6.45, 7) is 9.91. The van der Waals surface area contributed by atoms with Gasteiger partial charge < -0.3 is 27.4 Å². The average Bonchev–Trinajstić information content (AvgIpc) is 3.20. The Labute approximate surface area is 212 Å². The summed E-state index contributed by atoms with van der Waals surface area (Å²) in [7, 11) is 9.85. The van der Waals surface area contributed by atoms with Gasteiger partial charge >= 0.3 is 35.6 Å². The van der Waals surface area contributed by atoms with Crippen LogP contribution in [0, 0.1) is 25.2 Å². The normalized spacial score (nSPS) is 27.6. The van der Waals surface area contributed by atoms with Crippen LogP contribution in [0.5, 0.6) is 5.75 Å². The van der Waals surface area contributed by atoms with E-state index in [4.69, 9.17) is 23.3 Å². The Hall–Kier alpha value is -0.109. The molecular weight excluding hydrogens is 493 g/mol. The summed E-state index contributed by atoms with van der Waals surface area (Å²) < 4.78 is 7.97. The molecule has 3 aliphatic rings. The average molecular weight is 529 g/mol. The van der Waals surface area contributed by atoms with Crippen LogP contribution in [0.1, 0.15) is 25.3 Å². The van der Waals surface area contributed by atoms with Crippen LogP contribution in [-0.4, -0.2) is 39.9 Å². The van der Waals surface area contributed by atoms with Crippen molar-refractivity contribution in [2.45, 2.75) is 38.4 Å². The van der Waals surface area contributed by atoms with Crippen LogP contribution in [0.25, 0.3) is 16.2 Å². The van der Waals surface area contributed by atoms with Gasteiger partial charge in [-0.25, -0.2) is 0 Å². The molecule has 1 saturated carbocycles. The van der Waals surface area contributed by atoms with Gasteiger partial charge in [-0.2, -0.15) is 0 Å². The van der Waals surface area contributed by atoms with Crippen molar-refractivity contribution in [1.29, 1.82) is 0 Å². The molecule has 0 radical (unpaired) electrons. The number of halogens is 2. The number of methoxy groups -OCH3 is 1. The van der Waals surface area contributed by atoms with Crippen molar-refractivity contribution in [2.75, 3.05) is 27.1 Å². The third-order valence-electron chi connectivity index (χ3n) is 7.27. The molecule has 1 heterocycles. The molecule has 0 spiro atoms. The number of ether oxygens (including phenoxy) is 1. The first-order chi connectivity index (χ1) is 15.0. The predicted octanol–water partition coefficient (Wildman–Crippen LogP) is 7.65. The summed E-state index contributed by atoms with van der Waals surface area (Å²) in [5.41, 5.74) is 3.61. The fourth-order valence-electron chi connectivity index (χ4n) is 5.78. The number of fused-ring (bicyclic) bond motifs is 1. The minimum atomic E-state index is -1.66. The summed E-state index contributed by atoms with van der Waals surface area (Å²) in [4.78, 5) is 0. The van der Waals surface area contributed by atoms with E-state index in [1.165, 1.54) is 24.0 Å². The van der Waals surface area contributed by atoms with Crippen molar-refractivity contribution in [3.63, 3.8) is 0 Å². The first-order valence-corrected chi connectivity index (χ1v) is 18.3. The third kappa shape index (κ3) is 6.11.